The van der Waals surface area contributed by atoms with Gasteiger partial charge in [-0.3, -0.25) is 0 Å². The summed E-state index contributed by atoms with van der Waals surface area (Å²) in [5, 5.41) is 3.46. The maximum absolute atomic E-state index is 11.5. The van der Waals surface area contributed by atoms with Gasteiger partial charge in [0.2, 0.25) is 0 Å². The number of esters is 1. The zero-order valence-electron chi connectivity index (χ0n) is 12.7. The average molecular weight is 287 g/mol. The predicted molar refractivity (Wildman–Crippen MR) is 82.6 cm³/mol. The van der Waals surface area contributed by atoms with Crippen LogP contribution in [-0.4, -0.2) is 19.1 Å². The van der Waals surface area contributed by atoms with Gasteiger partial charge >= 0.3 is 5.97 Å². The van der Waals surface area contributed by atoms with Crippen molar-refractivity contribution in [1.29, 1.82) is 0 Å². The molecule has 1 unspecified atom stereocenters. The van der Waals surface area contributed by atoms with Gasteiger partial charge in [0.05, 0.1) is 18.9 Å². The monoisotopic (exact) mass is 287 g/mol. The van der Waals surface area contributed by atoms with Crippen molar-refractivity contribution in [3.8, 4) is 0 Å². The number of benzene rings is 1. The molecule has 0 aliphatic carbocycles. The lowest BCUT2D eigenvalue weighted by Crippen LogP contribution is -2.17. The molecule has 2 rings (SSSR count). The van der Waals surface area contributed by atoms with Crippen LogP contribution in [0.3, 0.4) is 0 Å². The zero-order valence-corrected chi connectivity index (χ0v) is 12.7. The number of carbonyl (C=O) groups excluding carboxylic acids is 1. The van der Waals surface area contributed by atoms with Crippen LogP contribution in [0.4, 0.5) is 5.69 Å². The van der Waals surface area contributed by atoms with Crippen LogP contribution in [0.2, 0.25) is 0 Å². The van der Waals surface area contributed by atoms with E-state index in [1.54, 1.807) is 12.3 Å². The summed E-state index contributed by atoms with van der Waals surface area (Å²) in [5.41, 5.74) is 2.64. The molecule has 4 heteroatoms. The van der Waals surface area contributed by atoms with Gasteiger partial charge in [-0.05, 0) is 56.2 Å². The molecule has 1 N–H and O–H groups in total. The molecule has 0 bridgehead atoms. The molecule has 1 aromatic heterocycles. The topological polar surface area (TPSA) is 51.5 Å². The van der Waals surface area contributed by atoms with Crippen molar-refractivity contribution >= 4 is 11.7 Å². The van der Waals surface area contributed by atoms with E-state index in [9.17, 15) is 4.79 Å². The molecule has 0 saturated carbocycles. The number of aryl methyl sites for hydroxylation is 2. The van der Waals surface area contributed by atoms with E-state index in [-0.39, 0.29) is 5.97 Å². The van der Waals surface area contributed by atoms with E-state index < -0.39 is 0 Å². The molecule has 1 aromatic carbocycles. The normalized spacial score (nSPS) is 12.0. The number of hydrogen-bond acceptors (Lipinski definition) is 4. The molecule has 1 heterocycles. The fraction of sp³-hybridized carbons (Fsp3) is 0.353. The van der Waals surface area contributed by atoms with Gasteiger partial charge in [0.25, 0.3) is 0 Å². The van der Waals surface area contributed by atoms with Gasteiger partial charge < -0.3 is 14.5 Å². The Labute approximate surface area is 125 Å². The van der Waals surface area contributed by atoms with Gasteiger partial charge in [0.15, 0.2) is 0 Å². The Morgan fingerprint density at radius 3 is 2.81 bits per heavy atom. The van der Waals surface area contributed by atoms with E-state index in [4.69, 9.17) is 9.15 Å². The summed E-state index contributed by atoms with van der Waals surface area (Å²) in [6.07, 6.45) is 3.58. The lowest BCUT2D eigenvalue weighted by Gasteiger charge is -2.17. The molecule has 0 radical (unpaired) electrons. The van der Waals surface area contributed by atoms with Gasteiger partial charge in [-0.1, -0.05) is 0 Å². The Bertz CT molecular complexity index is 590. The standard InChI is InChI=1S/C17H21NO3/c1-12-11-14(17(19)20-3)7-9-16(12)18-13(2)6-8-15-5-4-10-21-15/h4-5,7,9-11,13,18H,6,8H2,1-3H3. The van der Waals surface area contributed by atoms with Gasteiger partial charge in [-0.15, -0.1) is 0 Å². The molecule has 0 fully saturated rings. The minimum Gasteiger partial charge on any atom is -0.469 e. The smallest absolute Gasteiger partial charge is 0.337 e. The highest BCUT2D eigenvalue weighted by Gasteiger charge is 2.09. The Kier molecular flexibility index (Phi) is 5.04. The molecule has 0 aliphatic heterocycles. The first-order chi connectivity index (χ1) is 10.1. The van der Waals surface area contributed by atoms with E-state index in [0.717, 1.165) is 29.9 Å². The highest BCUT2D eigenvalue weighted by atomic mass is 16.5. The lowest BCUT2D eigenvalue weighted by molar-refractivity contribution is 0.0600. The fourth-order valence-electron chi connectivity index (χ4n) is 2.22. The molecule has 112 valence electrons. The zero-order chi connectivity index (χ0) is 15.2. The molecule has 4 nitrogen and oxygen atoms in total. The van der Waals surface area contributed by atoms with Crippen LogP contribution in [0.5, 0.6) is 0 Å². The van der Waals surface area contributed by atoms with Crippen LogP contribution < -0.4 is 5.32 Å². The van der Waals surface area contributed by atoms with Gasteiger partial charge in [0, 0.05) is 18.2 Å². The number of ether oxygens (including phenoxy) is 1. The second-order valence-corrected chi connectivity index (χ2v) is 5.18. The largest absolute Gasteiger partial charge is 0.469 e. The highest BCUT2D eigenvalue weighted by molar-refractivity contribution is 5.90. The molecule has 0 aliphatic rings. The van der Waals surface area contributed by atoms with E-state index in [2.05, 4.69) is 12.2 Å². The minimum atomic E-state index is -0.310. The fourth-order valence-corrected chi connectivity index (χ4v) is 2.22. The third kappa shape index (κ3) is 4.12. The maximum Gasteiger partial charge on any atom is 0.337 e. The van der Waals surface area contributed by atoms with E-state index in [0.29, 0.717) is 11.6 Å². The molecule has 21 heavy (non-hydrogen) atoms. The number of nitrogens with one attached hydrogen (secondary N) is 1. The van der Waals surface area contributed by atoms with E-state index in [1.165, 1.54) is 7.11 Å². The van der Waals surface area contributed by atoms with Crippen LogP contribution in [-0.2, 0) is 11.2 Å². The SMILES string of the molecule is COC(=O)c1ccc(NC(C)CCc2ccco2)c(C)c1. The number of anilines is 1. The molecule has 0 amide bonds. The molecular formula is C17H21NO3. The predicted octanol–water partition coefficient (Wildman–Crippen LogP) is 3.81. The molecule has 0 spiro atoms. The van der Waals surface area contributed by atoms with Crippen molar-refractivity contribution in [3.63, 3.8) is 0 Å². The Morgan fingerprint density at radius 1 is 1.38 bits per heavy atom. The van der Waals surface area contributed by atoms with Crippen LogP contribution in [0, 0.1) is 6.92 Å². The maximum atomic E-state index is 11.5. The highest BCUT2D eigenvalue weighted by Crippen LogP contribution is 2.19. The Hall–Kier alpha value is -2.23. The van der Waals surface area contributed by atoms with Crippen molar-refractivity contribution in [1.82, 2.24) is 0 Å². The first kappa shape index (κ1) is 15.2. The molecular weight excluding hydrogens is 266 g/mol. The second-order valence-electron chi connectivity index (χ2n) is 5.18. The quantitative estimate of drug-likeness (QED) is 0.821. The van der Waals surface area contributed by atoms with Gasteiger partial charge in [-0.25, -0.2) is 4.79 Å². The summed E-state index contributed by atoms with van der Waals surface area (Å²) in [6.45, 7) is 4.12. The average Bonchev–Trinajstić information content (AvgIpc) is 2.99. The third-order valence-corrected chi connectivity index (χ3v) is 3.45. The minimum absolute atomic E-state index is 0.310. The third-order valence-electron chi connectivity index (χ3n) is 3.45. The van der Waals surface area contributed by atoms with Crippen molar-refractivity contribution in [2.45, 2.75) is 32.7 Å². The summed E-state index contributed by atoms with van der Waals surface area (Å²) in [7, 11) is 1.39. The molecule has 1 atom stereocenters. The summed E-state index contributed by atoms with van der Waals surface area (Å²) < 4.78 is 10.1. The first-order valence-corrected chi connectivity index (χ1v) is 7.08. The van der Waals surface area contributed by atoms with Crippen LogP contribution in [0.25, 0.3) is 0 Å². The van der Waals surface area contributed by atoms with Crippen molar-refractivity contribution in [2.75, 3.05) is 12.4 Å². The van der Waals surface area contributed by atoms with E-state index >= 15 is 0 Å². The molecule has 2 aromatic rings. The molecule has 0 saturated heterocycles. The second kappa shape index (κ2) is 6.97. The van der Waals surface area contributed by atoms with Crippen molar-refractivity contribution < 1.29 is 13.9 Å². The van der Waals surface area contributed by atoms with Crippen LogP contribution in [0.1, 0.15) is 35.0 Å². The number of methoxy groups -OCH3 is 1. The van der Waals surface area contributed by atoms with Crippen LogP contribution >= 0.6 is 0 Å². The number of rotatable bonds is 6. The number of furan rings is 1. The van der Waals surface area contributed by atoms with Crippen molar-refractivity contribution in [2.24, 2.45) is 0 Å². The summed E-state index contributed by atoms with van der Waals surface area (Å²) in [5.74, 6) is 0.692. The summed E-state index contributed by atoms with van der Waals surface area (Å²) >= 11 is 0. The van der Waals surface area contributed by atoms with Gasteiger partial charge in [0.1, 0.15) is 5.76 Å². The van der Waals surface area contributed by atoms with E-state index in [1.807, 2.05) is 31.2 Å². The number of carbonyl (C=O) groups is 1. The summed E-state index contributed by atoms with van der Waals surface area (Å²) in [6, 6.07) is 9.75. The lowest BCUT2D eigenvalue weighted by atomic mass is 10.1. The van der Waals surface area contributed by atoms with Crippen LogP contribution in [0.15, 0.2) is 41.0 Å². The summed E-state index contributed by atoms with van der Waals surface area (Å²) in [4.78, 5) is 11.5. The Balaban J connectivity index is 1.94. The van der Waals surface area contributed by atoms with Crippen molar-refractivity contribution in [3.05, 3.63) is 53.5 Å². The first-order valence-electron chi connectivity index (χ1n) is 7.08. The Morgan fingerprint density at radius 2 is 2.19 bits per heavy atom. The number of hydrogen-bond donors (Lipinski definition) is 1. The van der Waals surface area contributed by atoms with Gasteiger partial charge in [-0.2, -0.15) is 0 Å².